The van der Waals surface area contributed by atoms with Crippen molar-refractivity contribution in [3.05, 3.63) is 30.1 Å². The van der Waals surface area contributed by atoms with E-state index in [4.69, 9.17) is 0 Å². The Kier molecular flexibility index (Phi) is 2.65. The maximum atomic E-state index is 4.40. The van der Waals surface area contributed by atoms with Crippen LogP contribution in [0.1, 0.15) is 18.5 Å². The average molecular weight is 217 g/mol. The highest BCUT2D eigenvalue weighted by Crippen LogP contribution is 2.36. The van der Waals surface area contributed by atoms with Crippen molar-refractivity contribution in [2.45, 2.75) is 19.4 Å². The van der Waals surface area contributed by atoms with Gasteiger partial charge in [0.15, 0.2) is 0 Å². The second kappa shape index (κ2) is 4.15. The number of hydrogen-bond acceptors (Lipinski definition) is 3. The molecule has 0 radical (unpaired) electrons. The fourth-order valence-corrected chi connectivity index (χ4v) is 3.03. The van der Waals surface area contributed by atoms with Crippen LogP contribution in [0.5, 0.6) is 0 Å². The molecule has 86 valence electrons. The van der Waals surface area contributed by atoms with Crippen LogP contribution < -0.4 is 5.32 Å². The van der Waals surface area contributed by atoms with Crippen molar-refractivity contribution in [1.82, 2.24) is 15.2 Å². The van der Waals surface area contributed by atoms with E-state index in [0.29, 0.717) is 5.41 Å². The van der Waals surface area contributed by atoms with Crippen LogP contribution in [0, 0.1) is 5.41 Å². The van der Waals surface area contributed by atoms with Gasteiger partial charge in [-0.2, -0.15) is 0 Å². The lowest BCUT2D eigenvalue weighted by Crippen LogP contribution is -2.29. The minimum absolute atomic E-state index is 0.578. The van der Waals surface area contributed by atoms with Crippen molar-refractivity contribution in [1.29, 1.82) is 0 Å². The number of aromatic nitrogens is 1. The van der Waals surface area contributed by atoms with Crippen molar-refractivity contribution >= 4 is 0 Å². The van der Waals surface area contributed by atoms with Crippen LogP contribution in [0.4, 0.5) is 0 Å². The van der Waals surface area contributed by atoms with E-state index in [1.807, 2.05) is 12.3 Å². The van der Waals surface area contributed by atoms with Crippen molar-refractivity contribution in [3.8, 4) is 0 Å². The van der Waals surface area contributed by atoms with E-state index in [-0.39, 0.29) is 0 Å². The number of pyridine rings is 1. The second-order valence-corrected chi connectivity index (χ2v) is 5.21. The predicted octanol–water partition coefficient (Wildman–Crippen LogP) is 1.27. The van der Waals surface area contributed by atoms with Crippen molar-refractivity contribution in [3.63, 3.8) is 0 Å². The van der Waals surface area contributed by atoms with Gasteiger partial charge in [0.1, 0.15) is 0 Å². The standard InChI is InChI=1S/C13H19N3/c1-2-6-15-12(3-1)9-16-8-5-13(11-16)4-7-14-10-13/h1-3,6,14H,4-5,7-11H2. The Hall–Kier alpha value is -0.930. The average Bonchev–Trinajstić information content (AvgIpc) is 2.92. The number of hydrogen-bond donors (Lipinski definition) is 1. The molecule has 1 spiro atoms. The molecule has 1 atom stereocenters. The minimum Gasteiger partial charge on any atom is -0.316 e. The molecule has 0 bridgehead atoms. The molecule has 1 unspecified atom stereocenters. The second-order valence-electron chi connectivity index (χ2n) is 5.21. The molecule has 3 rings (SSSR count). The predicted molar refractivity (Wildman–Crippen MR) is 64.1 cm³/mol. The maximum absolute atomic E-state index is 4.40. The molecule has 0 saturated carbocycles. The Labute approximate surface area is 96.9 Å². The lowest BCUT2D eigenvalue weighted by atomic mass is 9.87. The molecule has 2 aliphatic heterocycles. The summed E-state index contributed by atoms with van der Waals surface area (Å²) in [6.45, 7) is 5.92. The molecule has 0 amide bonds. The topological polar surface area (TPSA) is 28.2 Å². The monoisotopic (exact) mass is 217 g/mol. The van der Waals surface area contributed by atoms with Gasteiger partial charge in [0.25, 0.3) is 0 Å². The van der Waals surface area contributed by atoms with Crippen LogP contribution in [0.15, 0.2) is 24.4 Å². The molecule has 2 aliphatic rings. The third-order valence-corrected chi connectivity index (χ3v) is 3.96. The highest BCUT2D eigenvalue weighted by atomic mass is 15.2. The highest BCUT2D eigenvalue weighted by Gasteiger charge is 2.40. The molecule has 3 nitrogen and oxygen atoms in total. The summed E-state index contributed by atoms with van der Waals surface area (Å²) < 4.78 is 0. The van der Waals surface area contributed by atoms with Crippen LogP contribution in [0.3, 0.4) is 0 Å². The fraction of sp³-hybridized carbons (Fsp3) is 0.615. The number of likely N-dealkylation sites (tertiary alicyclic amines) is 1. The molecular weight excluding hydrogens is 198 g/mol. The fourth-order valence-electron chi connectivity index (χ4n) is 3.03. The van der Waals surface area contributed by atoms with Gasteiger partial charge in [-0.25, -0.2) is 0 Å². The van der Waals surface area contributed by atoms with E-state index >= 15 is 0 Å². The van der Waals surface area contributed by atoms with Gasteiger partial charge < -0.3 is 5.32 Å². The Morgan fingerprint density at radius 2 is 2.38 bits per heavy atom. The molecule has 3 heteroatoms. The van der Waals surface area contributed by atoms with Gasteiger partial charge in [-0.05, 0) is 43.5 Å². The molecule has 3 heterocycles. The first-order valence-corrected chi connectivity index (χ1v) is 6.19. The van der Waals surface area contributed by atoms with Gasteiger partial charge >= 0.3 is 0 Å². The summed E-state index contributed by atoms with van der Waals surface area (Å²) in [6.07, 6.45) is 4.59. The SMILES string of the molecule is c1ccc(CN2CCC3(CCNC3)C2)nc1. The zero-order valence-electron chi connectivity index (χ0n) is 9.65. The summed E-state index contributed by atoms with van der Waals surface area (Å²) >= 11 is 0. The zero-order chi connectivity index (χ0) is 10.8. The van der Waals surface area contributed by atoms with Gasteiger partial charge in [-0.15, -0.1) is 0 Å². The van der Waals surface area contributed by atoms with Gasteiger partial charge in [0, 0.05) is 25.8 Å². The third kappa shape index (κ3) is 1.97. The van der Waals surface area contributed by atoms with Crippen LogP contribution in [0.25, 0.3) is 0 Å². The van der Waals surface area contributed by atoms with Crippen molar-refractivity contribution in [2.24, 2.45) is 5.41 Å². The Balaban J connectivity index is 1.62. The van der Waals surface area contributed by atoms with E-state index in [2.05, 4.69) is 27.3 Å². The lowest BCUT2D eigenvalue weighted by molar-refractivity contribution is 0.266. The van der Waals surface area contributed by atoms with Crippen LogP contribution in [-0.2, 0) is 6.54 Å². The first kappa shape index (κ1) is 10.2. The van der Waals surface area contributed by atoms with E-state index < -0.39 is 0 Å². The summed E-state index contributed by atoms with van der Waals surface area (Å²) in [5.41, 5.74) is 1.78. The third-order valence-electron chi connectivity index (χ3n) is 3.96. The number of rotatable bonds is 2. The number of nitrogens with one attached hydrogen (secondary N) is 1. The summed E-state index contributed by atoms with van der Waals surface area (Å²) in [6, 6.07) is 6.18. The first-order chi connectivity index (χ1) is 7.86. The Bertz CT molecular complexity index is 343. The molecule has 16 heavy (non-hydrogen) atoms. The van der Waals surface area contributed by atoms with E-state index in [9.17, 15) is 0 Å². The quantitative estimate of drug-likeness (QED) is 0.808. The molecular formula is C13H19N3. The zero-order valence-corrected chi connectivity index (χ0v) is 9.65. The smallest absolute Gasteiger partial charge is 0.0543 e. The molecule has 0 aromatic carbocycles. The molecule has 2 fully saturated rings. The van der Waals surface area contributed by atoms with Crippen LogP contribution in [-0.4, -0.2) is 36.1 Å². The van der Waals surface area contributed by atoms with Crippen molar-refractivity contribution < 1.29 is 0 Å². The van der Waals surface area contributed by atoms with Gasteiger partial charge in [-0.3, -0.25) is 9.88 Å². The summed E-state index contributed by atoms with van der Waals surface area (Å²) in [7, 11) is 0. The molecule has 1 aromatic rings. The van der Waals surface area contributed by atoms with Crippen molar-refractivity contribution in [2.75, 3.05) is 26.2 Å². The Morgan fingerprint density at radius 3 is 3.12 bits per heavy atom. The first-order valence-electron chi connectivity index (χ1n) is 6.19. The van der Waals surface area contributed by atoms with Gasteiger partial charge in [-0.1, -0.05) is 6.07 Å². The summed E-state index contributed by atoms with van der Waals surface area (Å²) in [5.74, 6) is 0. The molecule has 0 aliphatic carbocycles. The van der Waals surface area contributed by atoms with E-state index in [1.165, 1.54) is 44.7 Å². The normalized spacial score (nSPS) is 30.2. The number of nitrogens with zero attached hydrogens (tertiary/aromatic N) is 2. The van der Waals surface area contributed by atoms with E-state index in [0.717, 1.165) is 6.54 Å². The van der Waals surface area contributed by atoms with Crippen LogP contribution in [0.2, 0.25) is 0 Å². The highest BCUT2D eigenvalue weighted by molar-refractivity contribution is 5.05. The molecule has 1 N–H and O–H groups in total. The molecule has 2 saturated heterocycles. The van der Waals surface area contributed by atoms with Gasteiger partial charge in [0.2, 0.25) is 0 Å². The largest absolute Gasteiger partial charge is 0.316 e. The van der Waals surface area contributed by atoms with Gasteiger partial charge in [0.05, 0.1) is 5.69 Å². The minimum atomic E-state index is 0.578. The van der Waals surface area contributed by atoms with E-state index in [1.54, 1.807) is 0 Å². The summed E-state index contributed by atoms with van der Waals surface area (Å²) in [5, 5.41) is 3.50. The molecule has 1 aromatic heterocycles. The summed E-state index contributed by atoms with van der Waals surface area (Å²) in [4.78, 5) is 6.95. The van der Waals surface area contributed by atoms with Crippen LogP contribution >= 0.6 is 0 Å². The maximum Gasteiger partial charge on any atom is 0.0543 e. The lowest BCUT2D eigenvalue weighted by Gasteiger charge is -2.22. The Morgan fingerprint density at radius 1 is 1.38 bits per heavy atom.